The van der Waals surface area contributed by atoms with Crippen LogP contribution in [-0.2, 0) is 14.3 Å². The van der Waals surface area contributed by atoms with Gasteiger partial charge in [0.05, 0.1) is 17.9 Å². The van der Waals surface area contributed by atoms with Crippen LogP contribution in [0.2, 0.25) is 0 Å². The molecule has 27 heavy (non-hydrogen) atoms. The number of esters is 2. The number of H-pyrrole nitrogens is 1. The normalized spacial score (nSPS) is 11.7. The molecule has 0 unspecified atom stereocenters. The first kappa shape index (κ1) is 20.2. The van der Waals surface area contributed by atoms with E-state index < -0.39 is 30.4 Å². The maximum atomic E-state index is 12.6. The third-order valence-corrected chi connectivity index (χ3v) is 3.79. The Bertz CT molecular complexity index is 850. The molecule has 2 aromatic rings. The van der Waals surface area contributed by atoms with E-state index in [0.717, 1.165) is 0 Å². The van der Waals surface area contributed by atoms with Crippen LogP contribution in [0.15, 0.2) is 10.6 Å². The third kappa shape index (κ3) is 4.75. The third-order valence-electron chi connectivity index (χ3n) is 3.79. The van der Waals surface area contributed by atoms with E-state index in [1.807, 2.05) is 0 Å². The molecule has 0 saturated heterocycles. The number of ketones is 1. The zero-order valence-corrected chi connectivity index (χ0v) is 15.9. The fourth-order valence-corrected chi connectivity index (χ4v) is 2.54. The molecule has 0 amide bonds. The van der Waals surface area contributed by atoms with Crippen molar-refractivity contribution in [2.45, 2.75) is 40.7 Å². The fraction of sp³-hybridized carbons (Fsp3) is 0.444. The van der Waals surface area contributed by atoms with Gasteiger partial charge < -0.3 is 23.7 Å². The molecule has 0 aromatic carbocycles. The number of aromatic amines is 1. The molecule has 9 nitrogen and oxygen atoms in total. The summed E-state index contributed by atoms with van der Waals surface area (Å²) in [6, 6.07) is 1.52. The molecule has 2 heterocycles. The van der Waals surface area contributed by atoms with Gasteiger partial charge in [-0.15, -0.1) is 0 Å². The Hall–Kier alpha value is -3.10. The van der Waals surface area contributed by atoms with Crippen LogP contribution < -0.4 is 4.74 Å². The average Bonchev–Trinajstić information content (AvgIpc) is 3.15. The molecular formula is C18H22N2O7. The number of Topliss-reactive ketones (excluding diaryl/α,β-unsaturated/α-hetero) is 1. The van der Waals surface area contributed by atoms with Gasteiger partial charge in [-0.3, -0.25) is 4.79 Å². The number of aromatic nitrogens is 2. The molecule has 0 spiro atoms. The largest absolute Gasteiger partial charge is 0.463 e. The second-order valence-corrected chi connectivity index (χ2v) is 5.91. The lowest BCUT2D eigenvalue weighted by atomic mass is 10.1. The first-order valence-corrected chi connectivity index (χ1v) is 8.40. The highest BCUT2D eigenvalue weighted by Crippen LogP contribution is 2.21. The molecule has 0 fully saturated rings. The number of hydrogen-bond acceptors (Lipinski definition) is 8. The van der Waals surface area contributed by atoms with E-state index in [9.17, 15) is 14.4 Å². The highest BCUT2D eigenvalue weighted by atomic mass is 16.6. The Labute approximate surface area is 156 Å². The lowest BCUT2D eigenvalue weighted by molar-refractivity contribution is -0.148. The van der Waals surface area contributed by atoms with Gasteiger partial charge in [0, 0.05) is 11.8 Å². The maximum Gasteiger partial charge on any atom is 0.344 e. The van der Waals surface area contributed by atoms with Gasteiger partial charge in [-0.05, 0) is 45.3 Å². The minimum absolute atomic E-state index is 0.151. The molecule has 1 atom stereocenters. The summed E-state index contributed by atoms with van der Waals surface area (Å²) in [6.07, 6.45) is -1.06. The summed E-state index contributed by atoms with van der Waals surface area (Å²) in [5.74, 6) is -1.01. The second kappa shape index (κ2) is 8.52. The van der Waals surface area contributed by atoms with Gasteiger partial charge in [0.15, 0.2) is 12.7 Å². The first-order chi connectivity index (χ1) is 12.7. The minimum atomic E-state index is -1.06. The van der Waals surface area contributed by atoms with Crippen molar-refractivity contribution in [2.75, 3.05) is 13.2 Å². The summed E-state index contributed by atoms with van der Waals surface area (Å²) >= 11 is 0. The minimum Gasteiger partial charge on any atom is -0.463 e. The molecule has 0 bridgehead atoms. The van der Waals surface area contributed by atoms with Crippen molar-refractivity contribution in [3.8, 4) is 5.88 Å². The fourth-order valence-electron chi connectivity index (χ4n) is 2.54. The Balaban J connectivity index is 2.01. The van der Waals surface area contributed by atoms with Crippen LogP contribution in [0, 0.1) is 20.8 Å². The van der Waals surface area contributed by atoms with Gasteiger partial charge in [0.2, 0.25) is 5.78 Å². The average molecular weight is 378 g/mol. The topological polar surface area (TPSA) is 121 Å². The Kier molecular flexibility index (Phi) is 6.38. The predicted octanol–water partition coefficient (Wildman–Crippen LogP) is 2.30. The predicted molar refractivity (Wildman–Crippen MR) is 92.8 cm³/mol. The number of carbonyl (C=O) groups is 3. The number of rotatable bonds is 8. The van der Waals surface area contributed by atoms with Crippen molar-refractivity contribution in [2.24, 2.45) is 0 Å². The molecule has 146 valence electrons. The van der Waals surface area contributed by atoms with E-state index >= 15 is 0 Å². The number of nitrogens with one attached hydrogen (secondary N) is 1. The maximum absolute atomic E-state index is 12.6. The molecule has 2 aromatic heterocycles. The van der Waals surface area contributed by atoms with Gasteiger partial charge in [-0.1, -0.05) is 0 Å². The monoisotopic (exact) mass is 378 g/mol. The SMILES string of the molecule is CCOC(=O)c1c(C)[nH]c(C(=O)[C@@H](C)OC(=O)COc2cc(C)on2)c1C. The van der Waals surface area contributed by atoms with Gasteiger partial charge in [-0.25, -0.2) is 9.59 Å². The van der Waals surface area contributed by atoms with E-state index in [1.165, 1.54) is 13.0 Å². The van der Waals surface area contributed by atoms with Crippen LogP contribution in [0.1, 0.15) is 51.7 Å². The summed E-state index contributed by atoms with van der Waals surface area (Å²) in [5.41, 5.74) is 1.47. The summed E-state index contributed by atoms with van der Waals surface area (Å²) in [7, 11) is 0. The van der Waals surface area contributed by atoms with Crippen LogP contribution in [0.25, 0.3) is 0 Å². The summed E-state index contributed by atoms with van der Waals surface area (Å²) in [4.78, 5) is 39.4. The zero-order valence-electron chi connectivity index (χ0n) is 15.9. The smallest absolute Gasteiger partial charge is 0.344 e. The first-order valence-electron chi connectivity index (χ1n) is 8.40. The molecule has 0 saturated carbocycles. The van der Waals surface area contributed by atoms with E-state index in [-0.39, 0.29) is 18.2 Å². The summed E-state index contributed by atoms with van der Waals surface area (Å²) in [5, 5.41) is 3.58. The number of nitrogens with zero attached hydrogens (tertiary/aromatic N) is 1. The molecule has 2 rings (SSSR count). The van der Waals surface area contributed by atoms with Crippen LogP contribution >= 0.6 is 0 Å². The van der Waals surface area contributed by atoms with E-state index in [2.05, 4.69) is 10.1 Å². The molecule has 1 N–H and O–H groups in total. The summed E-state index contributed by atoms with van der Waals surface area (Å²) < 4.78 is 20.0. The van der Waals surface area contributed by atoms with Crippen molar-refractivity contribution < 1.29 is 33.1 Å². The van der Waals surface area contributed by atoms with E-state index in [4.69, 9.17) is 18.7 Å². The number of hydrogen-bond donors (Lipinski definition) is 1. The van der Waals surface area contributed by atoms with Crippen LogP contribution in [0.3, 0.4) is 0 Å². The molecule has 0 radical (unpaired) electrons. The highest BCUT2D eigenvalue weighted by molar-refractivity contribution is 6.04. The second-order valence-electron chi connectivity index (χ2n) is 5.91. The van der Waals surface area contributed by atoms with Crippen molar-refractivity contribution in [3.05, 3.63) is 34.3 Å². The van der Waals surface area contributed by atoms with E-state index in [0.29, 0.717) is 22.6 Å². The van der Waals surface area contributed by atoms with Gasteiger partial charge in [-0.2, -0.15) is 0 Å². The van der Waals surface area contributed by atoms with Gasteiger partial charge in [0.25, 0.3) is 5.88 Å². The highest BCUT2D eigenvalue weighted by Gasteiger charge is 2.27. The van der Waals surface area contributed by atoms with Crippen molar-refractivity contribution in [1.82, 2.24) is 10.1 Å². The zero-order chi connectivity index (χ0) is 20.1. The van der Waals surface area contributed by atoms with Gasteiger partial charge >= 0.3 is 11.9 Å². The summed E-state index contributed by atoms with van der Waals surface area (Å²) in [6.45, 7) is 7.94. The van der Waals surface area contributed by atoms with Crippen LogP contribution in [0.5, 0.6) is 5.88 Å². The quantitative estimate of drug-likeness (QED) is 0.549. The number of aryl methyl sites for hydroxylation is 2. The molecule has 0 aliphatic heterocycles. The Morgan fingerprint density at radius 3 is 2.56 bits per heavy atom. The standard InChI is InChI=1S/C18H22N2O7/c1-6-24-18(23)15-10(3)16(19-11(15)4)17(22)12(5)26-14(21)8-25-13-7-9(2)27-20-13/h7,12,19H,6,8H2,1-5H3/t12-/m1/s1. The van der Waals surface area contributed by atoms with Crippen LogP contribution in [-0.4, -0.2) is 47.2 Å². The number of ether oxygens (including phenoxy) is 3. The van der Waals surface area contributed by atoms with E-state index in [1.54, 1.807) is 27.7 Å². The lowest BCUT2D eigenvalue weighted by Gasteiger charge is -2.12. The molecule has 0 aliphatic carbocycles. The van der Waals surface area contributed by atoms with Gasteiger partial charge in [0.1, 0.15) is 5.76 Å². The van der Waals surface area contributed by atoms with Crippen molar-refractivity contribution >= 4 is 17.7 Å². The molecule has 9 heteroatoms. The number of carbonyl (C=O) groups excluding carboxylic acids is 3. The lowest BCUT2D eigenvalue weighted by Crippen LogP contribution is -2.28. The van der Waals surface area contributed by atoms with Crippen LogP contribution in [0.4, 0.5) is 0 Å². The van der Waals surface area contributed by atoms with Crippen molar-refractivity contribution in [3.63, 3.8) is 0 Å². The Morgan fingerprint density at radius 1 is 1.26 bits per heavy atom. The van der Waals surface area contributed by atoms with Crippen molar-refractivity contribution in [1.29, 1.82) is 0 Å². The molecular weight excluding hydrogens is 356 g/mol. The Morgan fingerprint density at radius 2 is 1.96 bits per heavy atom. The molecule has 0 aliphatic rings.